The fraction of sp³-hybridized carbons (Fsp3) is 0.488. The molecule has 0 spiro atoms. The van der Waals surface area contributed by atoms with E-state index in [0.29, 0.717) is 6.42 Å². The van der Waals surface area contributed by atoms with E-state index in [1.165, 1.54) is 10.9 Å². The number of carbonyl (C=O) groups excluding carboxylic acids is 2. The molecule has 4 aromatic rings. The molecule has 15 nitrogen and oxygen atoms in total. The highest BCUT2D eigenvalue weighted by Crippen LogP contribution is 2.49. The standard InChI is InChI=1S/C41H52FN6O9P/c1-5-9-10-11-18-23-52-40(50)55-33-25-34(48-28-44-35-36(43)45-39(42)46-37(35)48)56-41(33,8-4)27-54-58(51,57-31-21-16-13-17-22-31)47-32(24-30-19-14-12-15-20-30)38(49)53-26-29(6-2)7-3/h4,12-17,19-22,28-29,32-34H,5-7,9-11,18,23-27H2,1-3H3,(H,47,51)(H2,43,45,46)/t32?,33-,34+,41+,58-/m0/s1. The Morgan fingerprint density at radius 2 is 1.76 bits per heavy atom. The SMILES string of the molecule is C#C[C@]1(CO[P@@](=O)(NC(Cc2ccccc2)C(=O)OCC(CC)CC)Oc2ccccc2)O[C@@H](n2cnc3c(N)nc(F)nc32)C[C@@H]1OC(=O)OCCCCCCC. The van der Waals surface area contributed by atoms with Crippen LogP contribution in [0.25, 0.3) is 11.2 Å². The number of carbonyl (C=O) groups is 2. The van der Waals surface area contributed by atoms with Gasteiger partial charge in [0.25, 0.3) is 0 Å². The van der Waals surface area contributed by atoms with Crippen molar-refractivity contribution in [2.75, 3.05) is 25.6 Å². The Kier molecular flexibility index (Phi) is 16.0. The Labute approximate surface area is 338 Å². The molecule has 1 aliphatic rings. The third-order valence-electron chi connectivity index (χ3n) is 9.88. The number of anilines is 1. The number of hydrogen-bond acceptors (Lipinski definition) is 13. The lowest BCUT2D eigenvalue weighted by Crippen LogP contribution is -2.46. The maximum atomic E-state index is 15.0. The van der Waals surface area contributed by atoms with Crippen LogP contribution in [0.4, 0.5) is 15.0 Å². The van der Waals surface area contributed by atoms with Gasteiger partial charge in [-0.05, 0) is 36.5 Å². The van der Waals surface area contributed by atoms with E-state index in [0.717, 1.165) is 44.1 Å². The zero-order valence-electron chi connectivity index (χ0n) is 33.1. The second kappa shape index (κ2) is 21.1. The van der Waals surface area contributed by atoms with E-state index in [4.69, 9.17) is 40.2 Å². The van der Waals surface area contributed by atoms with Crippen LogP contribution in [-0.2, 0) is 39.3 Å². The number of fused-ring (bicyclic) bond motifs is 1. The number of nitrogens with zero attached hydrogens (tertiary/aromatic N) is 4. The molecule has 58 heavy (non-hydrogen) atoms. The molecule has 1 unspecified atom stereocenters. The van der Waals surface area contributed by atoms with Gasteiger partial charge in [-0.15, -0.1) is 6.42 Å². The summed E-state index contributed by atoms with van der Waals surface area (Å²) >= 11 is 0. The molecule has 0 saturated carbocycles. The number of nitrogens with one attached hydrogen (secondary N) is 1. The molecule has 1 aliphatic heterocycles. The summed E-state index contributed by atoms with van der Waals surface area (Å²) in [6.07, 6.45) is 9.20. The number of benzene rings is 2. The van der Waals surface area contributed by atoms with Gasteiger partial charge in [-0.2, -0.15) is 19.4 Å². The van der Waals surface area contributed by atoms with Crippen LogP contribution >= 0.6 is 7.75 Å². The average molecular weight is 823 g/mol. The Morgan fingerprint density at radius 1 is 1.05 bits per heavy atom. The highest BCUT2D eigenvalue weighted by atomic mass is 31.2. The zero-order valence-corrected chi connectivity index (χ0v) is 34.0. The van der Waals surface area contributed by atoms with Crippen LogP contribution in [0.2, 0.25) is 0 Å². The van der Waals surface area contributed by atoms with Gasteiger partial charge in [-0.25, -0.2) is 14.3 Å². The first-order valence-corrected chi connectivity index (χ1v) is 21.2. The molecule has 0 aliphatic carbocycles. The van der Waals surface area contributed by atoms with Gasteiger partial charge in [0.2, 0.25) is 0 Å². The first kappa shape index (κ1) is 44.0. The summed E-state index contributed by atoms with van der Waals surface area (Å²) in [4.78, 5) is 38.5. The van der Waals surface area contributed by atoms with Crippen molar-refractivity contribution < 1.29 is 46.5 Å². The van der Waals surface area contributed by atoms with Gasteiger partial charge < -0.3 is 29.2 Å². The van der Waals surface area contributed by atoms with E-state index in [-0.39, 0.29) is 54.7 Å². The molecule has 17 heteroatoms. The van der Waals surface area contributed by atoms with Crippen LogP contribution in [0.3, 0.4) is 0 Å². The number of halogens is 1. The number of nitrogens with two attached hydrogens (primary N) is 1. The maximum Gasteiger partial charge on any atom is 0.508 e. The van der Waals surface area contributed by atoms with Gasteiger partial charge in [0.1, 0.15) is 24.6 Å². The number of hydrogen-bond donors (Lipinski definition) is 2. The second-order valence-corrected chi connectivity index (χ2v) is 15.7. The topological polar surface area (TPSA) is 188 Å². The number of rotatable bonds is 22. The van der Waals surface area contributed by atoms with Gasteiger partial charge in [0.15, 0.2) is 28.7 Å². The van der Waals surface area contributed by atoms with Crippen LogP contribution < -0.4 is 15.3 Å². The Balaban J connectivity index is 1.45. The van der Waals surface area contributed by atoms with Crippen LogP contribution in [0, 0.1) is 24.3 Å². The first-order valence-electron chi connectivity index (χ1n) is 19.6. The summed E-state index contributed by atoms with van der Waals surface area (Å²) in [5.41, 5.74) is 4.81. The van der Waals surface area contributed by atoms with E-state index in [9.17, 15) is 18.5 Å². The lowest BCUT2D eigenvalue weighted by atomic mass is 9.99. The summed E-state index contributed by atoms with van der Waals surface area (Å²) in [5.74, 6) is 1.96. The fourth-order valence-corrected chi connectivity index (χ4v) is 7.94. The smallest absolute Gasteiger partial charge is 0.464 e. The van der Waals surface area contributed by atoms with E-state index < -0.39 is 56.5 Å². The highest BCUT2D eigenvalue weighted by molar-refractivity contribution is 7.52. The largest absolute Gasteiger partial charge is 0.508 e. The number of para-hydroxylation sites is 1. The fourth-order valence-electron chi connectivity index (χ4n) is 6.42. The third-order valence-corrected chi connectivity index (χ3v) is 11.4. The number of aromatic nitrogens is 4. The van der Waals surface area contributed by atoms with Crippen molar-refractivity contribution >= 4 is 36.9 Å². The number of terminal acetylenes is 1. The van der Waals surface area contributed by atoms with E-state index in [2.05, 4.69) is 32.9 Å². The molecule has 312 valence electrons. The number of nitrogen functional groups attached to an aromatic ring is 1. The van der Waals surface area contributed by atoms with Crippen molar-refractivity contribution in [2.45, 2.75) is 103 Å². The summed E-state index contributed by atoms with van der Waals surface area (Å²) in [5, 5.41) is 2.82. The molecule has 1 fully saturated rings. The van der Waals surface area contributed by atoms with Gasteiger partial charge in [0, 0.05) is 6.42 Å². The molecule has 3 heterocycles. The van der Waals surface area contributed by atoms with Gasteiger partial charge in [0.05, 0.1) is 19.5 Å². The van der Waals surface area contributed by atoms with Gasteiger partial charge in [-0.1, -0.05) is 114 Å². The minimum absolute atomic E-state index is 0.00690. The van der Waals surface area contributed by atoms with Crippen molar-refractivity contribution in [3.63, 3.8) is 0 Å². The van der Waals surface area contributed by atoms with Gasteiger partial charge in [-0.3, -0.25) is 13.9 Å². The van der Waals surface area contributed by atoms with Crippen molar-refractivity contribution in [1.29, 1.82) is 0 Å². The van der Waals surface area contributed by atoms with E-state index in [1.54, 1.807) is 30.3 Å². The average Bonchev–Trinajstić information content (AvgIpc) is 3.81. The lowest BCUT2D eigenvalue weighted by Gasteiger charge is -2.31. The van der Waals surface area contributed by atoms with E-state index in [1.807, 2.05) is 44.2 Å². The van der Waals surface area contributed by atoms with Crippen LogP contribution in [0.1, 0.15) is 83.9 Å². The van der Waals surface area contributed by atoms with Crippen molar-refractivity contribution in [3.05, 3.63) is 78.6 Å². The monoisotopic (exact) mass is 822 g/mol. The number of imidazole rings is 1. The minimum atomic E-state index is -4.59. The Morgan fingerprint density at radius 3 is 2.45 bits per heavy atom. The molecule has 0 bridgehead atoms. The molecule has 5 atom stereocenters. The normalized spacial score (nSPS) is 19.3. The van der Waals surface area contributed by atoms with E-state index >= 15 is 0 Å². The second-order valence-electron chi connectivity index (χ2n) is 14.0. The molecule has 5 rings (SSSR count). The number of ether oxygens (including phenoxy) is 4. The first-order chi connectivity index (χ1) is 28.0. The minimum Gasteiger partial charge on any atom is -0.464 e. The summed E-state index contributed by atoms with van der Waals surface area (Å²) < 4.78 is 66.2. The number of esters is 1. The van der Waals surface area contributed by atoms with Crippen molar-refractivity contribution in [3.8, 4) is 18.1 Å². The molecule has 0 amide bonds. The van der Waals surface area contributed by atoms with Crippen LogP contribution in [-0.4, -0.2) is 69.2 Å². The predicted molar refractivity (Wildman–Crippen MR) is 214 cm³/mol. The quantitative estimate of drug-likeness (QED) is 0.0258. The Hall–Kier alpha value is -5.07. The zero-order chi connectivity index (χ0) is 41.5. The number of unbranched alkanes of at least 4 members (excludes halogenated alkanes) is 4. The predicted octanol–water partition coefficient (Wildman–Crippen LogP) is 7.71. The highest BCUT2D eigenvalue weighted by Gasteiger charge is 2.53. The van der Waals surface area contributed by atoms with Crippen molar-refractivity contribution in [1.82, 2.24) is 24.6 Å². The molecule has 1 saturated heterocycles. The summed E-state index contributed by atoms with van der Waals surface area (Å²) in [7, 11) is -4.59. The molecule has 3 N–H and O–H groups in total. The molecular formula is C41H52FN6O9P. The summed E-state index contributed by atoms with van der Waals surface area (Å²) in [6, 6.07) is 16.1. The molecule has 2 aromatic heterocycles. The van der Waals surface area contributed by atoms with Gasteiger partial charge >= 0.3 is 25.9 Å². The van der Waals surface area contributed by atoms with Crippen molar-refractivity contribution in [2.24, 2.45) is 5.92 Å². The van der Waals surface area contributed by atoms with Crippen LogP contribution in [0.5, 0.6) is 5.75 Å². The molecular weight excluding hydrogens is 770 g/mol. The summed E-state index contributed by atoms with van der Waals surface area (Å²) in [6.45, 7) is 5.71. The maximum absolute atomic E-state index is 15.0. The molecule has 0 radical (unpaired) electrons. The van der Waals surface area contributed by atoms with Crippen LogP contribution in [0.15, 0.2) is 67.0 Å². The molecule has 2 aromatic carbocycles. The third kappa shape index (κ3) is 11.8. The lowest BCUT2D eigenvalue weighted by molar-refractivity contribution is -0.147. The Bertz CT molecular complexity index is 2030.